The van der Waals surface area contributed by atoms with Crippen molar-refractivity contribution in [2.24, 2.45) is 0 Å². The van der Waals surface area contributed by atoms with E-state index in [-0.39, 0.29) is 6.61 Å². The highest BCUT2D eigenvalue weighted by Crippen LogP contribution is 2.00. The van der Waals surface area contributed by atoms with E-state index in [1.54, 1.807) is 6.08 Å². The maximum atomic E-state index is 10.9. The highest BCUT2D eigenvalue weighted by Gasteiger charge is 2.02. The number of carboxylic acid groups (broad SMARTS) is 1. The number of amides is 1. The van der Waals surface area contributed by atoms with Crippen LogP contribution < -0.4 is 5.32 Å². The molecule has 0 aliphatic heterocycles. The normalized spacial score (nSPS) is 10.1. The molecule has 1 aromatic carbocycles. The number of ether oxygens (including phenoxy) is 1. The molecule has 0 bridgehead atoms. The van der Waals surface area contributed by atoms with Crippen LogP contribution in [0, 0.1) is 0 Å². The van der Waals surface area contributed by atoms with E-state index in [9.17, 15) is 9.59 Å². The van der Waals surface area contributed by atoms with E-state index in [1.165, 1.54) is 0 Å². The van der Waals surface area contributed by atoms with Crippen molar-refractivity contribution in [3.8, 4) is 0 Å². The standard InChI is InChI=1S/C12H13NO4/c14-11(15)9-13-12(16)17-8-4-7-10-5-2-1-3-6-10/h1-7H,8-9H2,(H,13,16)(H,14,15). The number of benzene rings is 1. The van der Waals surface area contributed by atoms with Crippen LogP contribution in [0.2, 0.25) is 0 Å². The maximum Gasteiger partial charge on any atom is 0.407 e. The van der Waals surface area contributed by atoms with Crippen LogP contribution in [0.3, 0.4) is 0 Å². The molecule has 5 nitrogen and oxygen atoms in total. The van der Waals surface area contributed by atoms with Crippen molar-refractivity contribution in [2.75, 3.05) is 13.2 Å². The Balaban J connectivity index is 2.21. The van der Waals surface area contributed by atoms with Gasteiger partial charge in [0.15, 0.2) is 0 Å². The molecule has 0 fully saturated rings. The maximum absolute atomic E-state index is 10.9. The van der Waals surface area contributed by atoms with Crippen molar-refractivity contribution >= 4 is 18.1 Å². The molecule has 0 saturated carbocycles. The Labute approximate surface area is 98.7 Å². The van der Waals surface area contributed by atoms with Gasteiger partial charge in [-0.3, -0.25) is 4.79 Å². The fourth-order valence-electron chi connectivity index (χ4n) is 1.07. The third-order valence-electron chi connectivity index (χ3n) is 1.80. The lowest BCUT2D eigenvalue weighted by molar-refractivity contribution is -0.135. The minimum absolute atomic E-state index is 0.0976. The molecule has 1 rings (SSSR count). The van der Waals surface area contributed by atoms with E-state index in [0.29, 0.717) is 0 Å². The van der Waals surface area contributed by atoms with Gasteiger partial charge in [0.2, 0.25) is 0 Å². The quantitative estimate of drug-likeness (QED) is 0.811. The number of hydrogen-bond donors (Lipinski definition) is 2. The van der Waals surface area contributed by atoms with Crippen molar-refractivity contribution < 1.29 is 19.4 Å². The Bertz CT molecular complexity index is 400. The van der Waals surface area contributed by atoms with E-state index in [4.69, 9.17) is 9.84 Å². The molecule has 0 aliphatic carbocycles. The van der Waals surface area contributed by atoms with E-state index >= 15 is 0 Å². The Morgan fingerprint density at radius 3 is 2.65 bits per heavy atom. The summed E-state index contributed by atoms with van der Waals surface area (Å²) in [6.07, 6.45) is 2.74. The topological polar surface area (TPSA) is 75.6 Å². The van der Waals surface area contributed by atoms with Crippen molar-refractivity contribution in [3.63, 3.8) is 0 Å². The Hall–Kier alpha value is -2.30. The molecule has 1 amide bonds. The van der Waals surface area contributed by atoms with Crippen LogP contribution in [-0.2, 0) is 9.53 Å². The zero-order valence-corrected chi connectivity index (χ0v) is 9.13. The van der Waals surface area contributed by atoms with Gasteiger partial charge in [-0.15, -0.1) is 0 Å². The minimum Gasteiger partial charge on any atom is -0.480 e. The molecule has 90 valence electrons. The monoisotopic (exact) mass is 235 g/mol. The fraction of sp³-hybridized carbons (Fsp3) is 0.167. The first-order chi connectivity index (χ1) is 8.18. The van der Waals surface area contributed by atoms with Gasteiger partial charge in [-0.2, -0.15) is 0 Å². The van der Waals surface area contributed by atoms with Crippen molar-refractivity contribution in [1.29, 1.82) is 0 Å². The molecule has 5 heteroatoms. The molecule has 0 radical (unpaired) electrons. The van der Waals surface area contributed by atoms with E-state index in [0.717, 1.165) is 5.56 Å². The lowest BCUT2D eigenvalue weighted by atomic mass is 10.2. The highest BCUT2D eigenvalue weighted by atomic mass is 16.5. The Morgan fingerprint density at radius 1 is 1.29 bits per heavy atom. The van der Waals surface area contributed by atoms with Crippen molar-refractivity contribution in [3.05, 3.63) is 42.0 Å². The molecular formula is C12H13NO4. The smallest absolute Gasteiger partial charge is 0.407 e. The second kappa shape index (κ2) is 7.05. The van der Waals surface area contributed by atoms with Crippen LogP contribution in [0.4, 0.5) is 4.79 Å². The SMILES string of the molecule is O=C(O)CNC(=O)OCC=Cc1ccccc1. The number of hydrogen-bond acceptors (Lipinski definition) is 3. The first-order valence-electron chi connectivity index (χ1n) is 5.02. The number of carbonyl (C=O) groups excluding carboxylic acids is 1. The summed E-state index contributed by atoms with van der Waals surface area (Å²) in [4.78, 5) is 21.1. The molecule has 0 aromatic heterocycles. The summed E-state index contributed by atoms with van der Waals surface area (Å²) in [5.74, 6) is -1.11. The third-order valence-corrected chi connectivity index (χ3v) is 1.80. The zero-order chi connectivity index (χ0) is 12.5. The van der Waals surface area contributed by atoms with E-state index in [2.05, 4.69) is 5.32 Å². The summed E-state index contributed by atoms with van der Waals surface area (Å²) in [5, 5.41) is 10.4. The minimum atomic E-state index is -1.11. The van der Waals surface area contributed by atoms with Crippen LogP contribution in [0.25, 0.3) is 6.08 Å². The molecule has 0 spiro atoms. The predicted octanol–water partition coefficient (Wildman–Crippen LogP) is 1.51. The zero-order valence-electron chi connectivity index (χ0n) is 9.13. The largest absolute Gasteiger partial charge is 0.480 e. The summed E-state index contributed by atoms with van der Waals surface area (Å²) in [6.45, 7) is -0.346. The molecule has 1 aromatic rings. The number of nitrogens with one attached hydrogen (secondary N) is 1. The number of alkyl carbamates (subject to hydrolysis) is 1. The average molecular weight is 235 g/mol. The van der Waals surface area contributed by atoms with Gasteiger partial charge in [-0.05, 0) is 11.6 Å². The molecular weight excluding hydrogens is 222 g/mol. The molecule has 0 aliphatic rings. The first kappa shape index (κ1) is 12.8. The second-order valence-corrected chi connectivity index (χ2v) is 3.16. The van der Waals surface area contributed by atoms with Crippen LogP contribution in [0.1, 0.15) is 5.56 Å². The number of aliphatic carboxylic acids is 1. The number of rotatable bonds is 5. The van der Waals surface area contributed by atoms with Gasteiger partial charge in [-0.25, -0.2) is 4.79 Å². The first-order valence-corrected chi connectivity index (χ1v) is 5.02. The molecule has 0 atom stereocenters. The average Bonchev–Trinajstić information content (AvgIpc) is 2.33. The van der Waals surface area contributed by atoms with Gasteiger partial charge in [0.25, 0.3) is 0 Å². The molecule has 2 N–H and O–H groups in total. The van der Waals surface area contributed by atoms with Gasteiger partial charge >= 0.3 is 12.1 Å². The molecule has 17 heavy (non-hydrogen) atoms. The van der Waals surface area contributed by atoms with Crippen LogP contribution >= 0.6 is 0 Å². The second-order valence-electron chi connectivity index (χ2n) is 3.16. The van der Waals surface area contributed by atoms with Crippen LogP contribution in [0.5, 0.6) is 0 Å². The van der Waals surface area contributed by atoms with E-state index in [1.807, 2.05) is 36.4 Å². The van der Waals surface area contributed by atoms with Crippen molar-refractivity contribution in [1.82, 2.24) is 5.32 Å². The van der Waals surface area contributed by atoms with Crippen LogP contribution in [0.15, 0.2) is 36.4 Å². The van der Waals surface area contributed by atoms with Gasteiger partial charge in [0.1, 0.15) is 13.2 Å². The third kappa shape index (κ3) is 5.99. The van der Waals surface area contributed by atoms with Gasteiger partial charge in [-0.1, -0.05) is 36.4 Å². The summed E-state index contributed by atoms with van der Waals surface area (Å²) < 4.78 is 4.71. The van der Waals surface area contributed by atoms with Crippen molar-refractivity contribution in [2.45, 2.75) is 0 Å². The fourth-order valence-corrected chi connectivity index (χ4v) is 1.07. The Kier molecular flexibility index (Phi) is 5.30. The van der Waals surface area contributed by atoms with E-state index < -0.39 is 18.6 Å². The molecule has 0 unspecified atom stereocenters. The number of carboxylic acids is 1. The Morgan fingerprint density at radius 2 is 2.00 bits per heavy atom. The highest BCUT2D eigenvalue weighted by molar-refractivity contribution is 5.76. The lowest BCUT2D eigenvalue weighted by Gasteiger charge is -2.01. The molecule has 0 saturated heterocycles. The van der Waals surface area contributed by atoms with Gasteiger partial charge in [0.05, 0.1) is 0 Å². The summed E-state index contributed by atoms with van der Waals surface area (Å²) in [7, 11) is 0. The molecule has 0 heterocycles. The van der Waals surface area contributed by atoms with Gasteiger partial charge in [0, 0.05) is 0 Å². The summed E-state index contributed by atoms with van der Waals surface area (Å²) in [6, 6.07) is 9.55. The van der Waals surface area contributed by atoms with Crippen LogP contribution in [-0.4, -0.2) is 30.3 Å². The number of carbonyl (C=O) groups is 2. The lowest BCUT2D eigenvalue weighted by Crippen LogP contribution is -2.29. The predicted molar refractivity (Wildman–Crippen MR) is 62.5 cm³/mol. The summed E-state index contributed by atoms with van der Waals surface area (Å²) in [5.41, 5.74) is 1.00. The summed E-state index contributed by atoms with van der Waals surface area (Å²) >= 11 is 0. The van der Waals surface area contributed by atoms with Gasteiger partial charge < -0.3 is 15.2 Å².